The maximum absolute atomic E-state index is 11.9. The number of rotatable bonds is 3. The number of methoxy groups -OCH3 is 1. The topological polar surface area (TPSA) is 64.1 Å². The molecule has 0 radical (unpaired) electrons. The number of fused-ring (bicyclic) bond motifs is 1. The van der Waals surface area contributed by atoms with Crippen LogP contribution in [0, 0.1) is 0 Å². The lowest BCUT2D eigenvalue weighted by Gasteiger charge is -1.96. The Balaban J connectivity index is 1.87. The van der Waals surface area contributed by atoms with Crippen LogP contribution < -0.4 is 10.1 Å². The average molecular weight is 291 g/mol. The number of nitrogens with one attached hydrogen (secondary N) is 1. The van der Waals surface area contributed by atoms with Crippen LogP contribution in [0.5, 0.6) is 5.75 Å². The summed E-state index contributed by atoms with van der Waals surface area (Å²) in [5.74, 6) is 0.588. The number of nitrogens with zero attached hydrogens (tertiary/aromatic N) is 2. The molecule has 0 aliphatic rings. The minimum Gasteiger partial charge on any atom is -0.497 e. The largest absolute Gasteiger partial charge is 0.497 e. The summed E-state index contributed by atoms with van der Waals surface area (Å²) in [5.41, 5.74) is 0.838. The van der Waals surface area contributed by atoms with Gasteiger partial charge in [0.25, 0.3) is 5.91 Å². The molecule has 2 aromatic heterocycles. The van der Waals surface area contributed by atoms with Crippen molar-refractivity contribution >= 4 is 44.1 Å². The van der Waals surface area contributed by atoms with Crippen molar-refractivity contribution < 1.29 is 9.53 Å². The Morgan fingerprint density at radius 2 is 2.26 bits per heavy atom. The fourth-order valence-corrected chi connectivity index (χ4v) is 2.96. The molecule has 1 amide bonds. The molecule has 3 aromatic rings. The standard InChI is InChI=1S/C12H9N3O2S2/c1-17-7-2-3-8-10(6-7)18-12(14-8)15-11(16)9-4-5-13-19-9/h2-6H,1H3,(H,14,15,16). The lowest BCUT2D eigenvalue weighted by molar-refractivity contribution is 0.103. The van der Waals surface area contributed by atoms with E-state index in [1.54, 1.807) is 19.4 Å². The second kappa shape index (κ2) is 4.94. The zero-order valence-corrected chi connectivity index (χ0v) is 11.5. The highest BCUT2D eigenvalue weighted by Gasteiger charge is 2.11. The van der Waals surface area contributed by atoms with Gasteiger partial charge in [0.05, 0.1) is 17.3 Å². The van der Waals surface area contributed by atoms with Crippen molar-refractivity contribution in [3.8, 4) is 5.75 Å². The van der Waals surface area contributed by atoms with E-state index in [9.17, 15) is 4.79 Å². The molecule has 0 saturated carbocycles. The molecule has 0 atom stereocenters. The van der Waals surface area contributed by atoms with Crippen LogP contribution in [0.2, 0.25) is 0 Å². The molecule has 19 heavy (non-hydrogen) atoms. The second-order valence-electron chi connectivity index (χ2n) is 3.68. The summed E-state index contributed by atoms with van der Waals surface area (Å²) in [6.45, 7) is 0. The number of ether oxygens (including phenoxy) is 1. The molecule has 0 saturated heterocycles. The minimum absolute atomic E-state index is 0.187. The van der Waals surface area contributed by atoms with Crippen molar-refractivity contribution in [1.82, 2.24) is 9.36 Å². The summed E-state index contributed by atoms with van der Waals surface area (Å²) in [4.78, 5) is 16.8. The van der Waals surface area contributed by atoms with E-state index in [1.165, 1.54) is 11.3 Å². The van der Waals surface area contributed by atoms with Crippen LogP contribution in [0.25, 0.3) is 10.2 Å². The van der Waals surface area contributed by atoms with Crippen LogP contribution in [0.15, 0.2) is 30.5 Å². The van der Waals surface area contributed by atoms with Gasteiger partial charge in [-0.3, -0.25) is 10.1 Å². The predicted octanol–water partition coefficient (Wildman–Crippen LogP) is 3.01. The highest BCUT2D eigenvalue weighted by Crippen LogP contribution is 2.29. The molecule has 1 aromatic carbocycles. The van der Waals surface area contributed by atoms with Gasteiger partial charge >= 0.3 is 0 Å². The normalized spacial score (nSPS) is 10.6. The first-order valence-corrected chi connectivity index (χ1v) is 7.02. The summed E-state index contributed by atoms with van der Waals surface area (Å²) in [7, 11) is 1.62. The van der Waals surface area contributed by atoms with Gasteiger partial charge in [0, 0.05) is 6.20 Å². The summed E-state index contributed by atoms with van der Waals surface area (Å²) in [6, 6.07) is 7.29. The number of hydrogen-bond donors (Lipinski definition) is 1. The number of anilines is 1. The van der Waals surface area contributed by atoms with Crippen LogP contribution in [0.4, 0.5) is 5.13 Å². The zero-order chi connectivity index (χ0) is 13.2. The van der Waals surface area contributed by atoms with Gasteiger partial charge in [-0.25, -0.2) is 9.36 Å². The van der Waals surface area contributed by atoms with E-state index >= 15 is 0 Å². The Bertz CT molecular complexity index is 722. The number of aromatic nitrogens is 2. The van der Waals surface area contributed by atoms with Crippen LogP contribution in [0.3, 0.4) is 0 Å². The molecule has 0 aliphatic carbocycles. The SMILES string of the molecule is COc1ccc2nc(NC(=O)c3ccns3)sc2c1. The quantitative estimate of drug-likeness (QED) is 0.805. The first kappa shape index (κ1) is 12.1. The number of amides is 1. The van der Waals surface area contributed by atoms with Gasteiger partial charge in [-0.1, -0.05) is 11.3 Å². The molecule has 0 fully saturated rings. The third kappa shape index (κ3) is 2.42. The molecular formula is C12H9N3O2S2. The fourth-order valence-electron chi connectivity index (χ4n) is 1.58. The number of carbonyl (C=O) groups is 1. The third-order valence-corrected chi connectivity index (χ3v) is 4.16. The second-order valence-corrected chi connectivity index (χ2v) is 5.55. The van der Waals surface area contributed by atoms with Gasteiger partial charge in [0.15, 0.2) is 5.13 Å². The molecule has 2 heterocycles. The number of carbonyl (C=O) groups excluding carboxylic acids is 1. The molecule has 3 rings (SSSR count). The van der Waals surface area contributed by atoms with Crippen molar-refractivity contribution in [1.29, 1.82) is 0 Å². The van der Waals surface area contributed by atoms with Crippen LogP contribution in [0.1, 0.15) is 9.67 Å². The van der Waals surface area contributed by atoms with Gasteiger partial charge in [0.2, 0.25) is 0 Å². The highest BCUT2D eigenvalue weighted by atomic mass is 32.1. The third-order valence-electron chi connectivity index (χ3n) is 2.48. The molecule has 7 heteroatoms. The van der Waals surface area contributed by atoms with Gasteiger partial charge in [-0.2, -0.15) is 0 Å². The number of thiazole rings is 1. The van der Waals surface area contributed by atoms with Crippen molar-refractivity contribution in [3.05, 3.63) is 35.3 Å². The van der Waals surface area contributed by atoms with E-state index in [0.29, 0.717) is 10.0 Å². The van der Waals surface area contributed by atoms with E-state index in [4.69, 9.17) is 4.74 Å². The summed E-state index contributed by atoms with van der Waals surface area (Å²) < 4.78 is 10.0. The Hall–Kier alpha value is -1.99. The van der Waals surface area contributed by atoms with Crippen LogP contribution in [-0.4, -0.2) is 22.4 Å². The van der Waals surface area contributed by atoms with Gasteiger partial charge in [-0.05, 0) is 35.8 Å². The Morgan fingerprint density at radius 1 is 1.37 bits per heavy atom. The number of hydrogen-bond acceptors (Lipinski definition) is 6. The summed E-state index contributed by atoms with van der Waals surface area (Å²) >= 11 is 2.57. The zero-order valence-electron chi connectivity index (χ0n) is 9.91. The summed E-state index contributed by atoms with van der Waals surface area (Å²) in [5, 5.41) is 3.34. The number of benzene rings is 1. The van der Waals surface area contributed by atoms with E-state index in [0.717, 1.165) is 27.5 Å². The molecule has 0 aliphatic heterocycles. The van der Waals surface area contributed by atoms with E-state index < -0.39 is 0 Å². The molecule has 96 valence electrons. The molecule has 0 bridgehead atoms. The monoisotopic (exact) mass is 291 g/mol. The van der Waals surface area contributed by atoms with Crippen molar-refractivity contribution in [2.45, 2.75) is 0 Å². The summed E-state index contributed by atoms with van der Waals surface area (Å²) in [6.07, 6.45) is 1.60. The predicted molar refractivity (Wildman–Crippen MR) is 76.2 cm³/mol. The highest BCUT2D eigenvalue weighted by molar-refractivity contribution is 7.22. The van der Waals surface area contributed by atoms with E-state index in [2.05, 4.69) is 14.7 Å². The molecule has 0 unspecified atom stereocenters. The fraction of sp³-hybridized carbons (Fsp3) is 0.0833. The Morgan fingerprint density at radius 3 is 3.00 bits per heavy atom. The minimum atomic E-state index is -0.187. The van der Waals surface area contributed by atoms with Crippen LogP contribution >= 0.6 is 22.9 Å². The average Bonchev–Trinajstić information content (AvgIpc) is 3.06. The maximum atomic E-state index is 11.9. The first-order valence-electron chi connectivity index (χ1n) is 5.43. The molecule has 0 spiro atoms. The molecular weight excluding hydrogens is 282 g/mol. The lowest BCUT2D eigenvalue weighted by Crippen LogP contribution is -2.09. The van der Waals surface area contributed by atoms with Crippen molar-refractivity contribution in [3.63, 3.8) is 0 Å². The Kier molecular flexibility index (Phi) is 3.14. The lowest BCUT2D eigenvalue weighted by atomic mass is 10.3. The van der Waals surface area contributed by atoms with Crippen molar-refractivity contribution in [2.24, 2.45) is 0 Å². The molecule has 5 nitrogen and oxygen atoms in total. The smallest absolute Gasteiger partial charge is 0.269 e. The van der Waals surface area contributed by atoms with Gasteiger partial charge in [-0.15, -0.1) is 0 Å². The maximum Gasteiger partial charge on any atom is 0.269 e. The van der Waals surface area contributed by atoms with Crippen LogP contribution in [-0.2, 0) is 0 Å². The van der Waals surface area contributed by atoms with Crippen molar-refractivity contribution in [2.75, 3.05) is 12.4 Å². The Labute approximate surface area is 117 Å². The van der Waals surface area contributed by atoms with Gasteiger partial charge in [0.1, 0.15) is 10.6 Å². The first-order chi connectivity index (χ1) is 9.26. The van der Waals surface area contributed by atoms with Gasteiger partial charge < -0.3 is 4.74 Å². The van der Waals surface area contributed by atoms with E-state index in [-0.39, 0.29) is 5.91 Å². The molecule has 1 N–H and O–H groups in total. The van der Waals surface area contributed by atoms with E-state index in [1.807, 2.05) is 18.2 Å².